The van der Waals surface area contributed by atoms with Gasteiger partial charge in [-0.05, 0) is 7.05 Å². The molecule has 1 aromatic heterocycles. The molecule has 0 radical (unpaired) electrons. The summed E-state index contributed by atoms with van der Waals surface area (Å²) in [7, 11) is 1.86. The monoisotopic (exact) mass is 239 g/mol. The first-order valence-electron chi connectivity index (χ1n) is 5.77. The fourth-order valence-corrected chi connectivity index (χ4v) is 1.68. The maximum absolute atomic E-state index is 12.0. The van der Waals surface area contributed by atoms with Crippen LogP contribution in [-0.2, 0) is 11.2 Å². The molecule has 1 aliphatic rings. The van der Waals surface area contributed by atoms with Crippen LogP contribution in [-0.4, -0.2) is 55.7 Å². The van der Waals surface area contributed by atoms with Crippen molar-refractivity contribution in [1.82, 2.24) is 15.2 Å². The van der Waals surface area contributed by atoms with Crippen LogP contribution in [0.3, 0.4) is 0 Å². The Morgan fingerprint density at radius 3 is 3.00 bits per heavy atom. The van der Waals surface area contributed by atoms with Gasteiger partial charge in [-0.1, -0.05) is 0 Å². The molecular weight excluding hydrogens is 222 g/mol. The van der Waals surface area contributed by atoms with Crippen LogP contribution in [0.15, 0.2) is 10.6 Å². The van der Waals surface area contributed by atoms with E-state index in [0.717, 1.165) is 6.54 Å². The van der Waals surface area contributed by atoms with Crippen molar-refractivity contribution in [2.45, 2.75) is 6.42 Å². The number of oxazole rings is 1. The molecule has 0 spiro atoms. The molecule has 1 aliphatic heterocycles. The number of nitrogens with zero attached hydrogens (tertiary/aromatic N) is 2. The minimum absolute atomic E-state index is 0.100. The second-order valence-electron chi connectivity index (χ2n) is 3.88. The van der Waals surface area contributed by atoms with Gasteiger partial charge in [-0.2, -0.15) is 0 Å². The molecule has 1 amide bonds. The van der Waals surface area contributed by atoms with Crippen molar-refractivity contribution in [3.63, 3.8) is 0 Å². The Hall–Kier alpha value is -1.40. The Bertz CT molecular complexity index is 372. The van der Waals surface area contributed by atoms with Crippen molar-refractivity contribution in [2.24, 2.45) is 0 Å². The zero-order valence-electron chi connectivity index (χ0n) is 9.94. The van der Waals surface area contributed by atoms with Crippen molar-refractivity contribution in [3.05, 3.63) is 17.8 Å². The second-order valence-corrected chi connectivity index (χ2v) is 3.88. The van der Waals surface area contributed by atoms with Crippen LogP contribution >= 0.6 is 0 Å². The summed E-state index contributed by atoms with van der Waals surface area (Å²) in [5.41, 5.74) is 0. The highest BCUT2D eigenvalue weighted by molar-refractivity contribution is 5.91. The van der Waals surface area contributed by atoms with E-state index in [1.165, 1.54) is 6.20 Å². The van der Waals surface area contributed by atoms with Crippen LogP contribution in [0.1, 0.15) is 16.4 Å². The molecule has 0 atom stereocenters. The van der Waals surface area contributed by atoms with Crippen molar-refractivity contribution < 1.29 is 13.9 Å². The summed E-state index contributed by atoms with van der Waals surface area (Å²) in [6.07, 6.45) is 2.19. The number of aromatic nitrogens is 1. The second kappa shape index (κ2) is 5.79. The van der Waals surface area contributed by atoms with E-state index in [1.807, 2.05) is 7.05 Å². The van der Waals surface area contributed by atoms with Crippen LogP contribution in [0.5, 0.6) is 0 Å². The molecule has 1 saturated heterocycles. The highest BCUT2D eigenvalue weighted by atomic mass is 16.5. The third-order valence-corrected chi connectivity index (χ3v) is 2.65. The number of likely N-dealkylation sites (N-methyl/N-ethyl adjacent to an activating group) is 1. The Kier molecular flexibility index (Phi) is 4.11. The molecule has 0 bridgehead atoms. The average Bonchev–Trinajstić information content (AvgIpc) is 2.85. The lowest BCUT2D eigenvalue weighted by molar-refractivity contribution is 0.0282. The van der Waals surface area contributed by atoms with Crippen molar-refractivity contribution in [3.8, 4) is 0 Å². The van der Waals surface area contributed by atoms with E-state index in [0.29, 0.717) is 44.4 Å². The summed E-state index contributed by atoms with van der Waals surface area (Å²) >= 11 is 0. The average molecular weight is 239 g/mol. The minimum Gasteiger partial charge on any atom is -0.435 e. The standard InChI is InChI=1S/C11H17N3O3/c1-12-3-2-10-13-8-9(17-10)11(15)14-4-6-16-7-5-14/h8,12H,2-7H2,1H3. The molecule has 94 valence electrons. The molecule has 6 heteroatoms. The molecule has 2 rings (SSSR count). The Morgan fingerprint density at radius 2 is 2.29 bits per heavy atom. The van der Waals surface area contributed by atoms with Crippen LogP contribution in [0, 0.1) is 0 Å². The normalized spacial score (nSPS) is 16.2. The first-order chi connectivity index (χ1) is 8.31. The first kappa shape index (κ1) is 12.1. The molecular formula is C11H17N3O3. The molecule has 0 saturated carbocycles. The van der Waals surface area contributed by atoms with Gasteiger partial charge in [0.25, 0.3) is 5.91 Å². The number of ether oxygens (including phenoxy) is 1. The largest absolute Gasteiger partial charge is 0.435 e. The molecule has 6 nitrogen and oxygen atoms in total. The molecule has 17 heavy (non-hydrogen) atoms. The van der Waals surface area contributed by atoms with Crippen molar-refractivity contribution >= 4 is 5.91 Å². The summed E-state index contributed by atoms with van der Waals surface area (Å²) in [5, 5.41) is 3.01. The van der Waals surface area contributed by atoms with Crippen LogP contribution in [0.2, 0.25) is 0 Å². The SMILES string of the molecule is CNCCc1ncc(C(=O)N2CCOCC2)o1. The van der Waals surface area contributed by atoms with Gasteiger partial charge in [-0.25, -0.2) is 4.98 Å². The number of amides is 1. The van der Waals surface area contributed by atoms with E-state index in [-0.39, 0.29) is 5.91 Å². The zero-order chi connectivity index (χ0) is 12.1. The van der Waals surface area contributed by atoms with E-state index in [4.69, 9.17) is 9.15 Å². The summed E-state index contributed by atoms with van der Waals surface area (Å²) in [6.45, 7) is 3.20. The summed E-state index contributed by atoms with van der Waals surface area (Å²) < 4.78 is 10.6. The van der Waals surface area contributed by atoms with E-state index in [9.17, 15) is 4.79 Å². The van der Waals surface area contributed by atoms with Crippen molar-refractivity contribution in [1.29, 1.82) is 0 Å². The predicted molar refractivity (Wildman–Crippen MR) is 60.9 cm³/mol. The van der Waals surface area contributed by atoms with Gasteiger partial charge < -0.3 is 19.4 Å². The van der Waals surface area contributed by atoms with E-state index in [1.54, 1.807) is 4.90 Å². The van der Waals surface area contributed by atoms with E-state index >= 15 is 0 Å². The highest BCUT2D eigenvalue weighted by Gasteiger charge is 2.21. The molecule has 1 fully saturated rings. The number of hydrogen-bond donors (Lipinski definition) is 1. The molecule has 2 heterocycles. The molecule has 1 aromatic rings. The van der Waals surface area contributed by atoms with Gasteiger partial charge >= 0.3 is 0 Å². The van der Waals surface area contributed by atoms with E-state index < -0.39 is 0 Å². The summed E-state index contributed by atoms with van der Waals surface area (Å²) in [6, 6.07) is 0. The molecule has 0 aliphatic carbocycles. The highest BCUT2D eigenvalue weighted by Crippen LogP contribution is 2.09. The van der Waals surface area contributed by atoms with Crippen LogP contribution < -0.4 is 5.32 Å². The Morgan fingerprint density at radius 1 is 1.53 bits per heavy atom. The third kappa shape index (κ3) is 3.04. The Labute approximate surface area is 99.9 Å². The van der Waals surface area contributed by atoms with Gasteiger partial charge in [-0.15, -0.1) is 0 Å². The summed E-state index contributed by atoms with van der Waals surface area (Å²) in [4.78, 5) is 17.8. The van der Waals surface area contributed by atoms with Gasteiger partial charge in [0.15, 0.2) is 5.89 Å². The number of morpholine rings is 1. The number of hydrogen-bond acceptors (Lipinski definition) is 5. The smallest absolute Gasteiger partial charge is 0.291 e. The summed E-state index contributed by atoms with van der Waals surface area (Å²) in [5.74, 6) is 0.811. The Balaban J connectivity index is 1.96. The maximum atomic E-state index is 12.0. The molecule has 1 N–H and O–H groups in total. The fourth-order valence-electron chi connectivity index (χ4n) is 1.68. The van der Waals surface area contributed by atoms with Gasteiger partial charge in [0.1, 0.15) is 0 Å². The predicted octanol–water partition coefficient (Wildman–Crippen LogP) is -0.0911. The lowest BCUT2D eigenvalue weighted by Crippen LogP contribution is -2.40. The van der Waals surface area contributed by atoms with Gasteiger partial charge in [0, 0.05) is 26.1 Å². The van der Waals surface area contributed by atoms with Gasteiger partial charge in [0.2, 0.25) is 5.76 Å². The fraction of sp³-hybridized carbons (Fsp3) is 0.636. The van der Waals surface area contributed by atoms with E-state index in [2.05, 4.69) is 10.3 Å². The van der Waals surface area contributed by atoms with Crippen molar-refractivity contribution in [2.75, 3.05) is 39.9 Å². The first-order valence-corrected chi connectivity index (χ1v) is 5.77. The lowest BCUT2D eigenvalue weighted by Gasteiger charge is -2.25. The topological polar surface area (TPSA) is 67.6 Å². The third-order valence-electron chi connectivity index (χ3n) is 2.65. The number of rotatable bonds is 4. The lowest BCUT2D eigenvalue weighted by atomic mass is 10.3. The minimum atomic E-state index is -0.100. The number of carbonyl (C=O) groups excluding carboxylic acids is 1. The van der Waals surface area contributed by atoms with Crippen LogP contribution in [0.4, 0.5) is 0 Å². The maximum Gasteiger partial charge on any atom is 0.291 e. The van der Waals surface area contributed by atoms with Gasteiger partial charge in [0.05, 0.1) is 19.4 Å². The number of carbonyl (C=O) groups is 1. The van der Waals surface area contributed by atoms with Gasteiger partial charge in [-0.3, -0.25) is 4.79 Å². The quantitative estimate of drug-likeness (QED) is 0.795. The molecule has 0 aromatic carbocycles. The zero-order valence-corrected chi connectivity index (χ0v) is 9.94. The number of nitrogens with one attached hydrogen (secondary N) is 1. The molecule has 0 unspecified atom stereocenters. The van der Waals surface area contributed by atoms with Crippen LogP contribution in [0.25, 0.3) is 0 Å².